The van der Waals surface area contributed by atoms with E-state index in [1.807, 2.05) is 58.2 Å². The van der Waals surface area contributed by atoms with Gasteiger partial charge in [0.2, 0.25) is 10.0 Å². The first-order valence-corrected chi connectivity index (χ1v) is 10.9. The Kier molecular flexibility index (Phi) is 5.45. The number of aromatic amines is 1. The van der Waals surface area contributed by atoms with Crippen molar-refractivity contribution in [3.8, 4) is 0 Å². The summed E-state index contributed by atoms with van der Waals surface area (Å²) in [6, 6.07) is 11.8. The maximum Gasteiger partial charge on any atom is 0.241 e. The molecule has 0 radical (unpaired) electrons. The van der Waals surface area contributed by atoms with E-state index in [4.69, 9.17) is 0 Å². The van der Waals surface area contributed by atoms with E-state index in [9.17, 15) is 8.42 Å². The average Bonchev–Trinajstić information content (AvgIpc) is 3.06. The van der Waals surface area contributed by atoms with Gasteiger partial charge in [-0.3, -0.25) is 0 Å². The molecule has 2 atom stereocenters. The van der Waals surface area contributed by atoms with Gasteiger partial charge in [0.15, 0.2) is 0 Å². The first kappa shape index (κ1) is 19.6. The van der Waals surface area contributed by atoms with E-state index < -0.39 is 10.0 Å². The van der Waals surface area contributed by atoms with Gasteiger partial charge in [0, 0.05) is 23.1 Å². The molecule has 1 unspecified atom stereocenters. The van der Waals surface area contributed by atoms with Crippen LogP contribution in [-0.2, 0) is 10.0 Å². The molecule has 27 heavy (non-hydrogen) atoms. The Bertz CT molecular complexity index is 1040. The average molecular weight is 385 g/mol. The summed E-state index contributed by atoms with van der Waals surface area (Å²) in [5.41, 5.74) is 4.87. The van der Waals surface area contributed by atoms with Gasteiger partial charge >= 0.3 is 0 Å². The third kappa shape index (κ3) is 3.80. The molecule has 1 heterocycles. The standard InChI is InChI=1S/C22H28N2O2S/c1-6-20(17(5)18-8-7-9-21-19(18)10-11-23-21)24-27(25,26)22-15(3)12-14(2)13-16(22)4/h7-13,17,20,23-24H,6H2,1-5H3/t17-,20?/m0/s1. The zero-order valence-electron chi connectivity index (χ0n) is 16.6. The highest BCUT2D eigenvalue weighted by atomic mass is 32.2. The second kappa shape index (κ2) is 7.49. The van der Waals surface area contributed by atoms with Gasteiger partial charge in [-0.1, -0.05) is 43.7 Å². The van der Waals surface area contributed by atoms with Crippen molar-refractivity contribution in [1.29, 1.82) is 0 Å². The van der Waals surface area contributed by atoms with Gasteiger partial charge in [-0.2, -0.15) is 0 Å². The summed E-state index contributed by atoms with van der Waals surface area (Å²) in [4.78, 5) is 3.63. The van der Waals surface area contributed by atoms with Crippen LogP contribution in [0, 0.1) is 20.8 Å². The largest absolute Gasteiger partial charge is 0.361 e. The number of benzene rings is 2. The Balaban J connectivity index is 1.96. The second-order valence-electron chi connectivity index (χ2n) is 7.44. The van der Waals surface area contributed by atoms with Gasteiger partial charge < -0.3 is 4.98 Å². The summed E-state index contributed by atoms with van der Waals surface area (Å²) in [6.07, 6.45) is 2.64. The van der Waals surface area contributed by atoms with Gasteiger partial charge in [-0.05, 0) is 61.9 Å². The highest BCUT2D eigenvalue weighted by molar-refractivity contribution is 7.89. The van der Waals surface area contributed by atoms with E-state index >= 15 is 0 Å². The minimum Gasteiger partial charge on any atom is -0.361 e. The zero-order valence-corrected chi connectivity index (χ0v) is 17.4. The molecule has 0 amide bonds. The van der Waals surface area contributed by atoms with Gasteiger partial charge in [-0.25, -0.2) is 13.1 Å². The van der Waals surface area contributed by atoms with Crippen molar-refractivity contribution >= 4 is 20.9 Å². The maximum atomic E-state index is 13.2. The predicted molar refractivity (Wildman–Crippen MR) is 112 cm³/mol. The molecule has 0 fully saturated rings. The first-order chi connectivity index (χ1) is 12.7. The summed E-state index contributed by atoms with van der Waals surface area (Å²) in [7, 11) is -3.60. The maximum absolute atomic E-state index is 13.2. The molecule has 0 aliphatic heterocycles. The number of nitrogens with one attached hydrogen (secondary N) is 2. The van der Waals surface area contributed by atoms with Crippen LogP contribution in [0.3, 0.4) is 0 Å². The second-order valence-corrected chi connectivity index (χ2v) is 9.09. The lowest BCUT2D eigenvalue weighted by molar-refractivity contribution is 0.490. The molecule has 0 aliphatic carbocycles. The molecular formula is C22H28N2O2S. The van der Waals surface area contributed by atoms with E-state index in [1.165, 1.54) is 0 Å². The summed E-state index contributed by atoms with van der Waals surface area (Å²) in [5.74, 6) is 0.0512. The molecule has 4 nitrogen and oxygen atoms in total. The van der Waals surface area contributed by atoms with Gasteiger partial charge in [0.1, 0.15) is 0 Å². The van der Waals surface area contributed by atoms with Gasteiger partial charge in [0.25, 0.3) is 0 Å². The number of aromatic nitrogens is 1. The molecule has 0 saturated heterocycles. The Labute approximate surface area is 162 Å². The number of rotatable bonds is 6. The van der Waals surface area contributed by atoms with Crippen LogP contribution in [0.1, 0.15) is 48.4 Å². The summed E-state index contributed by atoms with van der Waals surface area (Å²) in [6.45, 7) is 9.82. The topological polar surface area (TPSA) is 62.0 Å². The van der Waals surface area contributed by atoms with Crippen molar-refractivity contribution < 1.29 is 8.42 Å². The number of hydrogen-bond donors (Lipinski definition) is 2. The van der Waals surface area contributed by atoms with Crippen molar-refractivity contribution in [3.63, 3.8) is 0 Å². The van der Waals surface area contributed by atoms with Crippen molar-refractivity contribution in [3.05, 3.63) is 64.8 Å². The normalized spacial score (nSPS) is 14.4. The monoisotopic (exact) mass is 384 g/mol. The van der Waals surface area contributed by atoms with Crippen LogP contribution < -0.4 is 4.72 Å². The number of fused-ring (bicyclic) bond motifs is 1. The Hall–Kier alpha value is -2.11. The molecule has 0 saturated carbocycles. The molecule has 2 aromatic carbocycles. The number of H-pyrrole nitrogens is 1. The zero-order chi connectivity index (χ0) is 19.8. The van der Waals surface area contributed by atoms with Gasteiger partial charge in [0.05, 0.1) is 4.90 Å². The smallest absolute Gasteiger partial charge is 0.241 e. The van der Waals surface area contributed by atoms with Crippen LogP contribution in [-0.4, -0.2) is 19.4 Å². The highest BCUT2D eigenvalue weighted by Gasteiger charge is 2.27. The number of hydrogen-bond acceptors (Lipinski definition) is 2. The summed E-state index contributed by atoms with van der Waals surface area (Å²) in [5, 5.41) is 1.14. The molecule has 3 rings (SSSR count). The molecule has 3 aromatic rings. The van der Waals surface area contributed by atoms with Crippen LogP contribution in [0.25, 0.3) is 10.9 Å². The van der Waals surface area contributed by atoms with Crippen molar-refractivity contribution in [2.75, 3.05) is 0 Å². The van der Waals surface area contributed by atoms with Crippen LogP contribution in [0.15, 0.2) is 47.5 Å². The minimum absolute atomic E-state index is 0.0512. The van der Waals surface area contributed by atoms with Crippen LogP contribution in [0.4, 0.5) is 0 Å². The lowest BCUT2D eigenvalue weighted by Gasteiger charge is -2.26. The molecule has 0 aliphatic rings. The van der Waals surface area contributed by atoms with Crippen LogP contribution in [0.5, 0.6) is 0 Å². The van der Waals surface area contributed by atoms with Gasteiger partial charge in [-0.15, -0.1) is 0 Å². The Morgan fingerprint density at radius 1 is 1.07 bits per heavy atom. The molecule has 0 spiro atoms. The summed E-state index contributed by atoms with van der Waals surface area (Å²) >= 11 is 0. The third-order valence-electron chi connectivity index (χ3n) is 5.34. The number of aryl methyl sites for hydroxylation is 3. The van der Waals surface area contributed by atoms with Crippen LogP contribution >= 0.6 is 0 Å². The Morgan fingerprint density at radius 2 is 1.74 bits per heavy atom. The molecule has 144 valence electrons. The Morgan fingerprint density at radius 3 is 2.37 bits per heavy atom. The fourth-order valence-electron chi connectivity index (χ4n) is 4.11. The van der Waals surface area contributed by atoms with Crippen molar-refractivity contribution in [1.82, 2.24) is 9.71 Å². The quantitative estimate of drug-likeness (QED) is 0.631. The van der Waals surface area contributed by atoms with Crippen molar-refractivity contribution in [2.45, 2.75) is 57.9 Å². The summed E-state index contributed by atoms with van der Waals surface area (Å²) < 4.78 is 29.4. The lowest BCUT2D eigenvalue weighted by Crippen LogP contribution is -2.38. The number of sulfonamides is 1. The van der Waals surface area contributed by atoms with Crippen molar-refractivity contribution in [2.24, 2.45) is 0 Å². The molecule has 5 heteroatoms. The van der Waals surface area contributed by atoms with E-state index in [0.717, 1.165) is 33.2 Å². The molecule has 2 N–H and O–H groups in total. The van der Waals surface area contributed by atoms with Crippen LogP contribution in [0.2, 0.25) is 0 Å². The fraction of sp³-hybridized carbons (Fsp3) is 0.364. The third-order valence-corrected chi connectivity index (χ3v) is 7.14. The highest BCUT2D eigenvalue weighted by Crippen LogP contribution is 2.30. The molecule has 0 bridgehead atoms. The van der Waals surface area contributed by atoms with E-state index in [2.05, 4.69) is 28.8 Å². The van der Waals surface area contributed by atoms with E-state index in [1.54, 1.807) is 0 Å². The fourth-order valence-corrected chi connectivity index (χ4v) is 5.96. The lowest BCUT2D eigenvalue weighted by atomic mass is 9.90. The predicted octanol–water partition coefficient (Wildman–Crippen LogP) is 4.95. The molecule has 1 aromatic heterocycles. The SMILES string of the molecule is CCC(NS(=O)(=O)c1c(C)cc(C)cc1C)[C@@H](C)c1cccc2[nH]ccc12. The minimum atomic E-state index is -3.60. The molecular weight excluding hydrogens is 356 g/mol. The van der Waals surface area contributed by atoms with E-state index in [-0.39, 0.29) is 12.0 Å². The van der Waals surface area contributed by atoms with E-state index in [0.29, 0.717) is 11.3 Å². The first-order valence-electron chi connectivity index (χ1n) is 9.40.